The molecular weight excluding hydrogens is 122 g/mol. The van der Waals surface area contributed by atoms with E-state index in [1.54, 1.807) is 0 Å². The van der Waals surface area contributed by atoms with E-state index in [-0.39, 0.29) is 0 Å². The van der Waals surface area contributed by atoms with Crippen LogP contribution in [0.1, 0.15) is 39.0 Å². The predicted octanol–water partition coefficient (Wildman–Crippen LogP) is 1.91. The van der Waals surface area contributed by atoms with E-state index in [1.165, 1.54) is 32.1 Å². The van der Waals surface area contributed by atoms with Gasteiger partial charge in [-0.15, -0.1) is 0 Å². The molecule has 2 unspecified atom stereocenters. The van der Waals surface area contributed by atoms with Gasteiger partial charge in [0.1, 0.15) is 0 Å². The Morgan fingerprint density at radius 2 is 2.20 bits per heavy atom. The molecule has 2 N–H and O–H groups in total. The molecular formula is C9H17N. The molecule has 0 aliphatic heterocycles. The Morgan fingerprint density at radius 1 is 1.50 bits per heavy atom. The summed E-state index contributed by atoms with van der Waals surface area (Å²) >= 11 is 0. The molecule has 1 nitrogen and oxygen atoms in total. The van der Waals surface area contributed by atoms with Crippen LogP contribution >= 0.6 is 0 Å². The molecule has 0 spiro atoms. The van der Waals surface area contributed by atoms with Gasteiger partial charge < -0.3 is 5.73 Å². The first-order chi connectivity index (χ1) is 4.77. The predicted molar refractivity (Wildman–Crippen MR) is 42.7 cm³/mol. The maximum atomic E-state index is 6.21. The van der Waals surface area contributed by atoms with Gasteiger partial charge in [0.25, 0.3) is 0 Å². The number of rotatable bonds is 2. The van der Waals surface area contributed by atoms with Crippen LogP contribution in [0.2, 0.25) is 0 Å². The number of hydrogen-bond acceptors (Lipinski definition) is 1. The molecule has 0 saturated heterocycles. The first-order valence-corrected chi connectivity index (χ1v) is 4.56. The highest BCUT2D eigenvalue weighted by Gasteiger charge is 2.55. The Labute approximate surface area is 63.0 Å². The zero-order valence-corrected chi connectivity index (χ0v) is 6.77. The third kappa shape index (κ3) is 0.731. The van der Waals surface area contributed by atoms with Gasteiger partial charge in [-0.05, 0) is 31.1 Å². The second-order valence-electron chi connectivity index (χ2n) is 4.05. The van der Waals surface area contributed by atoms with Gasteiger partial charge in [-0.3, -0.25) is 0 Å². The van der Waals surface area contributed by atoms with E-state index in [1.807, 2.05) is 0 Å². The van der Waals surface area contributed by atoms with Crippen LogP contribution in [0.25, 0.3) is 0 Å². The van der Waals surface area contributed by atoms with Gasteiger partial charge in [0, 0.05) is 5.54 Å². The minimum Gasteiger partial charge on any atom is -0.325 e. The number of nitrogens with two attached hydrogens (primary N) is 1. The third-order valence-corrected chi connectivity index (χ3v) is 3.56. The molecule has 0 amide bonds. The molecule has 2 saturated carbocycles. The van der Waals surface area contributed by atoms with Crippen molar-refractivity contribution >= 4 is 0 Å². The van der Waals surface area contributed by atoms with Crippen LogP contribution in [-0.2, 0) is 0 Å². The highest BCUT2D eigenvalue weighted by Crippen LogP contribution is 2.54. The lowest BCUT2D eigenvalue weighted by molar-refractivity contribution is 0.233. The van der Waals surface area contributed by atoms with Crippen molar-refractivity contribution < 1.29 is 0 Å². The smallest absolute Gasteiger partial charge is 0.0215 e. The third-order valence-electron chi connectivity index (χ3n) is 3.56. The molecule has 58 valence electrons. The van der Waals surface area contributed by atoms with Crippen molar-refractivity contribution in [3.8, 4) is 0 Å². The van der Waals surface area contributed by atoms with Crippen molar-refractivity contribution in [2.75, 3.05) is 0 Å². The molecule has 2 atom stereocenters. The summed E-state index contributed by atoms with van der Waals surface area (Å²) < 4.78 is 0. The lowest BCUT2D eigenvalue weighted by Crippen LogP contribution is -2.38. The van der Waals surface area contributed by atoms with Crippen LogP contribution in [-0.4, -0.2) is 5.54 Å². The molecule has 1 heteroatoms. The molecule has 2 aliphatic rings. The molecule has 2 fully saturated rings. The average Bonchev–Trinajstić information content (AvgIpc) is 2.37. The summed E-state index contributed by atoms with van der Waals surface area (Å²) in [5.41, 5.74) is 6.52. The molecule has 2 aliphatic carbocycles. The zero-order valence-electron chi connectivity index (χ0n) is 6.77. The molecule has 0 aromatic carbocycles. The fourth-order valence-corrected chi connectivity index (χ4v) is 2.34. The van der Waals surface area contributed by atoms with Gasteiger partial charge in [0.2, 0.25) is 0 Å². The zero-order chi connectivity index (χ0) is 7.19. The van der Waals surface area contributed by atoms with E-state index in [0.717, 1.165) is 11.8 Å². The van der Waals surface area contributed by atoms with Crippen molar-refractivity contribution in [3.63, 3.8) is 0 Å². The largest absolute Gasteiger partial charge is 0.325 e. The quantitative estimate of drug-likeness (QED) is 0.621. The lowest BCUT2D eigenvalue weighted by Gasteiger charge is -2.32. The normalized spacial score (nSPS) is 46.8. The van der Waals surface area contributed by atoms with Crippen LogP contribution in [0, 0.1) is 11.8 Å². The van der Waals surface area contributed by atoms with Gasteiger partial charge in [0.15, 0.2) is 0 Å². The summed E-state index contributed by atoms with van der Waals surface area (Å²) in [7, 11) is 0. The van der Waals surface area contributed by atoms with Crippen molar-refractivity contribution in [1.29, 1.82) is 0 Å². The molecule has 0 bridgehead atoms. The minimum absolute atomic E-state index is 0.312. The summed E-state index contributed by atoms with van der Waals surface area (Å²) in [4.78, 5) is 0. The molecule has 10 heavy (non-hydrogen) atoms. The lowest BCUT2D eigenvalue weighted by atomic mass is 9.77. The van der Waals surface area contributed by atoms with Crippen LogP contribution in [0.4, 0.5) is 0 Å². The SMILES string of the molecule is CCC1CC1(N)C1CCC1. The average molecular weight is 139 g/mol. The molecule has 0 radical (unpaired) electrons. The Balaban J connectivity index is 1.92. The molecule has 0 aromatic rings. The Hall–Kier alpha value is -0.0400. The maximum absolute atomic E-state index is 6.21. The molecule has 0 aromatic heterocycles. The fourth-order valence-electron chi connectivity index (χ4n) is 2.34. The van der Waals surface area contributed by atoms with Crippen molar-refractivity contribution in [1.82, 2.24) is 0 Å². The van der Waals surface area contributed by atoms with E-state index >= 15 is 0 Å². The van der Waals surface area contributed by atoms with Crippen molar-refractivity contribution in [2.24, 2.45) is 17.6 Å². The summed E-state index contributed by atoms with van der Waals surface area (Å²) in [6.45, 7) is 2.26. The minimum atomic E-state index is 0.312. The summed E-state index contributed by atoms with van der Waals surface area (Å²) in [5, 5.41) is 0. The molecule has 0 heterocycles. The van der Waals surface area contributed by atoms with Crippen LogP contribution in [0.5, 0.6) is 0 Å². The Kier molecular flexibility index (Phi) is 1.31. The second-order valence-corrected chi connectivity index (χ2v) is 4.05. The highest BCUT2D eigenvalue weighted by molar-refractivity contribution is 5.12. The van der Waals surface area contributed by atoms with Gasteiger partial charge in [-0.25, -0.2) is 0 Å². The molecule has 2 rings (SSSR count). The summed E-state index contributed by atoms with van der Waals surface area (Å²) in [6.07, 6.45) is 6.86. The standard InChI is InChI=1S/C9H17N/c1-2-7-6-9(7,10)8-4-3-5-8/h7-8H,2-6,10H2,1H3. The highest BCUT2D eigenvalue weighted by atomic mass is 14.9. The van der Waals surface area contributed by atoms with Crippen LogP contribution < -0.4 is 5.73 Å². The van der Waals surface area contributed by atoms with Gasteiger partial charge in [-0.1, -0.05) is 19.8 Å². The summed E-state index contributed by atoms with van der Waals surface area (Å²) in [5.74, 6) is 1.77. The fraction of sp³-hybridized carbons (Fsp3) is 1.00. The maximum Gasteiger partial charge on any atom is 0.0215 e. The van der Waals surface area contributed by atoms with E-state index in [4.69, 9.17) is 5.73 Å². The van der Waals surface area contributed by atoms with Crippen molar-refractivity contribution in [2.45, 2.75) is 44.6 Å². The van der Waals surface area contributed by atoms with E-state index in [9.17, 15) is 0 Å². The van der Waals surface area contributed by atoms with Gasteiger partial charge in [-0.2, -0.15) is 0 Å². The Morgan fingerprint density at radius 3 is 2.50 bits per heavy atom. The first kappa shape index (κ1) is 6.66. The van der Waals surface area contributed by atoms with E-state index in [0.29, 0.717) is 5.54 Å². The van der Waals surface area contributed by atoms with E-state index in [2.05, 4.69) is 6.92 Å². The topological polar surface area (TPSA) is 26.0 Å². The van der Waals surface area contributed by atoms with E-state index < -0.39 is 0 Å². The number of hydrogen-bond donors (Lipinski definition) is 1. The van der Waals surface area contributed by atoms with Gasteiger partial charge >= 0.3 is 0 Å². The van der Waals surface area contributed by atoms with Crippen LogP contribution in [0.15, 0.2) is 0 Å². The van der Waals surface area contributed by atoms with Crippen molar-refractivity contribution in [3.05, 3.63) is 0 Å². The first-order valence-electron chi connectivity index (χ1n) is 4.56. The van der Waals surface area contributed by atoms with Crippen LogP contribution in [0.3, 0.4) is 0 Å². The van der Waals surface area contributed by atoms with Gasteiger partial charge in [0.05, 0.1) is 0 Å². The monoisotopic (exact) mass is 139 g/mol. The second kappa shape index (κ2) is 1.97. The Bertz CT molecular complexity index is 140. The summed E-state index contributed by atoms with van der Waals surface area (Å²) in [6, 6.07) is 0.